The van der Waals surface area contributed by atoms with Gasteiger partial charge in [0.05, 0.1) is 31.7 Å². The van der Waals surface area contributed by atoms with E-state index in [1.54, 1.807) is 21.3 Å². The van der Waals surface area contributed by atoms with Crippen molar-refractivity contribution in [2.24, 2.45) is 0 Å². The van der Waals surface area contributed by atoms with Gasteiger partial charge in [-0.15, -0.1) is 0 Å². The van der Waals surface area contributed by atoms with E-state index in [4.69, 9.17) is 14.2 Å². The van der Waals surface area contributed by atoms with Gasteiger partial charge in [0.25, 0.3) is 0 Å². The predicted molar refractivity (Wildman–Crippen MR) is 91.0 cm³/mol. The van der Waals surface area contributed by atoms with Crippen LogP contribution in [0.5, 0.6) is 17.2 Å². The first-order valence-corrected chi connectivity index (χ1v) is 8.01. The van der Waals surface area contributed by atoms with Gasteiger partial charge in [0.15, 0.2) is 0 Å². The highest BCUT2D eigenvalue weighted by atomic mass is 79.9. The van der Waals surface area contributed by atoms with Crippen LogP contribution in [0.25, 0.3) is 0 Å². The highest BCUT2D eigenvalue weighted by molar-refractivity contribution is 9.10. The van der Waals surface area contributed by atoms with E-state index in [2.05, 4.69) is 31.9 Å². The quantitative estimate of drug-likeness (QED) is 0.646. The molecule has 0 amide bonds. The van der Waals surface area contributed by atoms with Crippen molar-refractivity contribution in [3.05, 3.63) is 52.0 Å². The fourth-order valence-corrected chi connectivity index (χ4v) is 3.10. The van der Waals surface area contributed by atoms with Gasteiger partial charge in [-0.2, -0.15) is 0 Å². The summed E-state index contributed by atoms with van der Waals surface area (Å²) in [7, 11) is 4.90. The molecule has 0 aliphatic rings. The molecule has 0 radical (unpaired) electrons. The number of hydrogen-bond donors (Lipinski definition) is 0. The molecule has 0 spiro atoms. The van der Waals surface area contributed by atoms with Crippen LogP contribution in [0, 0.1) is 0 Å². The SMILES string of the molecule is COc1cc(OC)c(C(Br)c2ccc(Br)cc2)c(OC)c1. The monoisotopic (exact) mass is 414 g/mol. The molecule has 0 fully saturated rings. The molecule has 0 saturated heterocycles. The predicted octanol–water partition coefficient (Wildman–Crippen LogP) is 4.96. The van der Waals surface area contributed by atoms with E-state index < -0.39 is 0 Å². The first-order valence-electron chi connectivity index (χ1n) is 6.30. The van der Waals surface area contributed by atoms with Gasteiger partial charge in [0, 0.05) is 16.6 Å². The summed E-state index contributed by atoms with van der Waals surface area (Å²) in [5, 5.41) is 0. The molecule has 0 N–H and O–H groups in total. The Kier molecular flexibility index (Phi) is 5.53. The number of hydrogen-bond acceptors (Lipinski definition) is 3. The molecule has 0 aliphatic carbocycles. The van der Waals surface area contributed by atoms with Crippen molar-refractivity contribution in [3.63, 3.8) is 0 Å². The zero-order valence-electron chi connectivity index (χ0n) is 12.0. The molecular weight excluding hydrogens is 400 g/mol. The molecule has 3 nitrogen and oxygen atoms in total. The second-order valence-electron chi connectivity index (χ2n) is 4.36. The molecule has 5 heteroatoms. The largest absolute Gasteiger partial charge is 0.496 e. The van der Waals surface area contributed by atoms with Gasteiger partial charge in [0.1, 0.15) is 17.2 Å². The molecule has 21 heavy (non-hydrogen) atoms. The number of benzene rings is 2. The molecule has 0 saturated carbocycles. The summed E-state index contributed by atoms with van der Waals surface area (Å²) >= 11 is 7.18. The van der Waals surface area contributed by atoms with E-state index in [-0.39, 0.29) is 4.83 Å². The summed E-state index contributed by atoms with van der Waals surface area (Å²) in [6.07, 6.45) is 0. The lowest BCUT2D eigenvalue weighted by molar-refractivity contribution is 0.369. The highest BCUT2D eigenvalue weighted by Gasteiger charge is 2.21. The Bertz CT molecular complexity index is 586. The van der Waals surface area contributed by atoms with Crippen LogP contribution in [-0.4, -0.2) is 21.3 Å². The Labute approximate surface area is 141 Å². The van der Waals surface area contributed by atoms with Crippen LogP contribution >= 0.6 is 31.9 Å². The molecule has 1 atom stereocenters. The Morgan fingerprint density at radius 3 is 1.81 bits per heavy atom. The summed E-state index contributed by atoms with van der Waals surface area (Å²) in [4.78, 5) is -0.0404. The van der Waals surface area contributed by atoms with Gasteiger partial charge < -0.3 is 14.2 Å². The molecule has 0 aliphatic heterocycles. The zero-order chi connectivity index (χ0) is 15.4. The molecule has 2 aromatic rings. The topological polar surface area (TPSA) is 27.7 Å². The molecular formula is C16H16Br2O3. The number of methoxy groups -OCH3 is 3. The van der Waals surface area contributed by atoms with Gasteiger partial charge in [-0.05, 0) is 17.7 Å². The third kappa shape index (κ3) is 3.52. The maximum atomic E-state index is 5.50. The number of alkyl halides is 1. The normalized spacial score (nSPS) is 11.9. The molecule has 0 aromatic heterocycles. The third-order valence-corrected chi connectivity index (χ3v) is 4.68. The Balaban J connectivity index is 2.52. The molecule has 2 aromatic carbocycles. The van der Waals surface area contributed by atoms with Crippen LogP contribution in [0.4, 0.5) is 0 Å². The average molecular weight is 416 g/mol. The average Bonchev–Trinajstić information content (AvgIpc) is 2.53. The van der Waals surface area contributed by atoms with Crippen molar-refractivity contribution >= 4 is 31.9 Å². The lowest BCUT2D eigenvalue weighted by atomic mass is 10.0. The Hall–Kier alpha value is -1.20. The van der Waals surface area contributed by atoms with Crippen LogP contribution in [0.2, 0.25) is 0 Å². The van der Waals surface area contributed by atoms with Crippen LogP contribution in [0.15, 0.2) is 40.9 Å². The Morgan fingerprint density at radius 2 is 1.38 bits per heavy atom. The minimum atomic E-state index is -0.0404. The molecule has 112 valence electrons. The maximum absolute atomic E-state index is 5.50. The van der Waals surface area contributed by atoms with Crippen LogP contribution in [-0.2, 0) is 0 Å². The van der Waals surface area contributed by atoms with Crippen molar-refractivity contribution in [2.45, 2.75) is 4.83 Å². The Morgan fingerprint density at radius 1 is 0.857 bits per heavy atom. The maximum Gasteiger partial charge on any atom is 0.130 e. The first-order chi connectivity index (χ1) is 10.1. The van der Waals surface area contributed by atoms with E-state index in [0.717, 1.165) is 27.1 Å². The van der Waals surface area contributed by atoms with Gasteiger partial charge in [-0.25, -0.2) is 0 Å². The lowest BCUT2D eigenvalue weighted by Crippen LogP contribution is -2.01. The second kappa shape index (κ2) is 7.18. The minimum Gasteiger partial charge on any atom is -0.496 e. The fourth-order valence-electron chi connectivity index (χ4n) is 2.08. The smallest absolute Gasteiger partial charge is 0.130 e. The van der Waals surface area contributed by atoms with Crippen molar-refractivity contribution in [1.29, 1.82) is 0 Å². The van der Waals surface area contributed by atoms with Crippen LogP contribution in [0.3, 0.4) is 0 Å². The number of halogens is 2. The van der Waals surface area contributed by atoms with E-state index in [1.807, 2.05) is 36.4 Å². The minimum absolute atomic E-state index is 0.0404. The van der Waals surface area contributed by atoms with Gasteiger partial charge in [-0.3, -0.25) is 0 Å². The summed E-state index contributed by atoms with van der Waals surface area (Å²) < 4.78 is 17.3. The van der Waals surface area contributed by atoms with Crippen molar-refractivity contribution in [3.8, 4) is 17.2 Å². The van der Waals surface area contributed by atoms with Crippen molar-refractivity contribution in [2.75, 3.05) is 21.3 Å². The molecule has 0 heterocycles. The van der Waals surface area contributed by atoms with Gasteiger partial charge in [-0.1, -0.05) is 44.0 Å². The van der Waals surface area contributed by atoms with Crippen LogP contribution < -0.4 is 14.2 Å². The summed E-state index contributed by atoms with van der Waals surface area (Å²) in [6.45, 7) is 0. The number of ether oxygens (including phenoxy) is 3. The van der Waals surface area contributed by atoms with E-state index in [9.17, 15) is 0 Å². The van der Waals surface area contributed by atoms with E-state index in [0.29, 0.717) is 5.75 Å². The van der Waals surface area contributed by atoms with Crippen LogP contribution in [0.1, 0.15) is 16.0 Å². The summed E-state index contributed by atoms with van der Waals surface area (Å²) in [5.41, 5.74) is 2.04. The van der Waals surface area contributed by atoms with Crippen molar-refractivity contribution < 1.29 is 14.2 Å². The van der Waals surface area contributed by atoms with Gasteiger partial charge >= 0.3 is 0 Å². The fraction of sp³-hybridized carbons (Fsp3) is 0.250. The first kappa shape index (κ1) is 16.2. The molecule has 2 rings (SSSR count). The third-order valence-electron chi connectivity index (χ3n) is 3.17. The summed E-state index contributed by atoms with van der Waals surface area (Å²) in [5.74, 6) is 2.13. The van der Waals surface area contributed by atoms with E-state index in [1.165, 1.54) is 0 Å². The van der Waals surface area contributed by atoms with E-state index >= 15 is 0 Å². The highest BCUT2D eigenvalue weighted by Crippen LogP contribution is 2.44. The number of rotatable bonds is 5. The lowest BCUT2D eigenvalue weighted by Gasteiger charge is -2.19. The van der Waals surface area contributed by atoms with Crippen molar-refractivity contribution in [1.82, 2.24) is 0 Å². The van der Waals surface area contributed by atoms with Gasteiger partial charge in [0.2, 0.25) is 0 Å². The molecule has 1 unspecified atom stereocenters. The zero-order valence-corrected chi connectivity index (χ0v) is 15.2. The standard InChI is InChI=1S/C16H16Br2O3/c1-19-12-8-13(20-2)15(14(9-12)21-3)16(18)10-4-6-11(17)7-5-10/h4-9,16H,1-3H3. The molecule has 0 bridgehead atoms. The summed E-state index contributed by atoms with van der Waals surface area (Å²) in [6, 6.07) is 11.8. The second-order valence-corrected chi connectivity index (χ2v) is 6.19.